The molecule has 0 aromatic heterocycles. The molecular weight excluding hydrogens is 181 g/mol. The Labute approximate surface area is 72.1 Å². The number of rotatable bonds is 2. The number of sulfone groups is 1. The minimum atomic E-state index is -2.86. The topological polar surface area (TPSA) is 77.8 Å². The zero-order chi connectivity index (χ0) is 9.19. The van der Waals surface area contributed by atoms with Crippen LogP contribution in [0.3, 0.4) is 0 Å². The quantitative estimate of drug-likeness (QED) is 0.483. The summed E-state index contributed by atoms with van der Waals surface area (Å²) in [6.45, 7) is 0.805. The minimum absolute atomic E-state index is 0.125. The van der Waals surface area contributed by atoms with Gasteiger partial charge < -0.3 is 14.9 Å². The van der Waals surface area contributed by atoms with Gasteiger partial charge in [0.2, 0.25) is 0 Å². The molecule has 1 fully saturated rings. The molecule has 0 radical (unpaired) electrons. The van der Waals surface area contributed by atoms with E-state index in [9.17, 15) is 8.42 Å². The summed E-state index contributed by atoms with van der Waals surface area (Å²) in [6, 6.07) is 0. The summed E-state index contributed by atoms with van der Waals surface area (Å²) in [5.74, 6) is 0.249. The lowest BCUT2D eigenvalue weighted by molar-refractivity contribution is 0.293. The van der Waals surface area contributed by atoms with Crippen LogP contribution in [0.2, 0.25) is 0 Å². The van der Waals surface area contributed by atoms with Crippen molar-refractivity contribution in [2.24, 2.45) is 0 Å². The van der Waals surface area contributed by atoms with Gasteiger partial charge in [0.25, 0.3) is 0 Å². The van der Waals surface area contributed by atoms with E-state index in [0.717, 1.165) is 0 Å². The summed E-state index contributed by atoms with van der Waals surface area (Å²) in [5, 5.41) is 17.2. The van der Waals surface area contributed by atoms with Gasteiger partial charge in [-0.1, -0.05) is 0 Å². The summed E-state index contributed by atoms with van der Waals surface area (Å²) in [7, 11) is -4.23. The van der Waals surface area contributed by atoms with Gasteiger partial charge in [0.1, 0.15) is 0 Å². The van der Waals surface area contributed by atoms with E-state index in [0.29, 0.717) is 13.1 Å². The van der Waals surface area contributed by atoms with Crippen LogP contribution in [0.15, 0.2) is 0 Å². The Morgan fingerprint density at radius 2 is 1.75 bits per heavy atom. The molecule has 0 saturated carbocycles. The van der Waals surface area contributed by atoms with Crippen molar-refractivity contribution in [3.8, 4) is 0 Å². The lowest BCUT2D eigenvalue weighted by Crippen LogP contribution is -2.45. The molecule has 0 aromatic rings. The van der Waals surface area contributed by atoms with E-state index in [1.807, 2.05) is 0 Å². The molecule has 0 unspecified atom stereocenters. The van der Waals surface area contributed by atoms with Crippen LogP contribution in [0.5, 0.6) is 0 Å². The summed E-state index contributed by atoms with van der Waals surface area (Å²) >= 11 is 0. The van der Waals surface area contributed by atoms with Gasteiger partial charge >= 0.3 is 7.12 Å². The maximum absolute atomic E-state index is 10.9. The highest BCUT2D eigenvalue weighted by atomic mass is 32.2. The Hall–Kier alpha value is -0.105. The highest BCUT2D eigenvalue weighted by molar-refractivity contribution is 7.91. The molecule has 5 nitrogen and oxygen atoms in total. The molecule has 1 rings (SSSR count). The zero-order valence-corrected chi connectivity index (χ0v) is 7.50. The molecular formula is C5H12BNO4S. The second-order valence-corrected chi connectivity index (χ2v) is 5.24. The molecule has 0 bridgehead atoms. The highest BCUT2D eigenvalue weighted by Gasteiger charge is 2.23. The van der Waals surface area contributed by atoms with Crippen LogP contribution >= 0.6 is 0 Å². The van der Waals surface area contributed by atoms with Crippen LogP contribution in [0, 0.1) is 0 Å². The summed E-state index contributed by atoms with van der Waals surface area (Å²) in [6.07, 6.45) is 0.134. The molecule has 12 heavy (non-hydrogen) atoms. The SMILES string of the molecule is O=S1(=O)CCN(CB(O)O)CC1. The first-order chi connectivity index (χ1) is 5.49. The van der Waals surface area contributed by atoms with Gasteiger partial charge in [-0.3, -0.25) is 0 Å². The van der Waals surface area contributed by atoms with Crippen LogP contribution in [0.1, 0.15) is 0 Å². The first-order valence-electron chi connectivity index (χ1n) is 3.78. The van der Waals surface area contributed by atoms with Crippen molar-refractivity contribution in [3.05, 3.63) is 0 Å². The van der Waals surface area contributed by atoms with Crippen molar-refractivity contribution in [1.29, 1.82) is 0 Å². The Morgan fingerprint density at radius 3 is 2.17 bits per heavy atom. The van der Waals surface area contributed by atoms with E-state index in [1.165, 1.54) is 0 Å². The predicted octanol–water partition coefficient (Wildman–Crippen LogP) is -2.27. The van der Waals surface area contributed by atoms with E-state index in [4.69, 9.17) is 10.0 Å². The van der Waals surface area contributed by atoms with Gasteiger partial charge in [0.15, 0.2) is 9.84 Å². The van der Waals surface area contributed by atoms with Gasteiger partial charge in [0.05, 0.1) is 11.5 Å². The molecule has 0 amide bonds. The van der Waals surface area contributed by atoms with Gasteiger partial charge in [-0.25, -0.2) is 8.42 Å². The van der Waals surface area contributed by atoms with Crippen LogP contribution < -0.4 is 0 Å². The third-order valence-corrected chi connectivity index (χ3v) is 3.47. The second kappa shape index (κ2) is 3.74. The fourth-order valence-corrected chi connectivity index (χ4v) is 2.44. The Bertz CT molecular complexity index is 226. The Morgan fingerprint density at radius 1 is 1.25 bits per heavy atom. The molecule has 0 aromatic carbocycles. The summed E-state index contributed by atoms with van der Waals surface area (Å²) in [5.41, 5.74) is 0. The van der Waals surface area contributed by atoms with Gasteiger partial charge in [-0.05, 0) is 0 Å². The molecule has 0 atom stereocenters. The van der Waals surface area contributed by atoms with Gasteiger partial charge in [-0.2, -0.15) is 0 Å². The highest BCUT2D eigenvalue weighted by Crippen LogP contribution is 2.02. The second-order valence-electron chi connectivity index (χ2n) is 2.93. The van der Waals surface area contributed by atoms with E-state index < -0.39 is 17.0 Å². The zero-order valence-electron chi connectivity index (χ0n) is 6.68. The van der Waals surface area contributed by atoms with E-state index in [-0.39, 0.29) is 17.9 Å². The average Bonchev–Trinajstić information content (AvgIpc) is 1.93. The molecule has 0 spiro atoms. The third kappa shape index (κ3) is 3.10. The third-order valence-electron chi connectivity index (χ3n) is 1.86. The lowest BCUT2D eigenvalue weighted by Gasteiger charge is -2.25. The van der Waals surface area contributed by atoms with Crippen molar-refractivity contribution in [2.45, 2.75) is 0 Å². The van der Waals surface area contributed by atoms with Gasteiger partial charge in [0, 0.05) is 19.5 Å². The van der Waals surface area contributed by atoms with E-state index in [1.54, 1.807) is 4.90 Å². The monoisotopic (exact) mass is 193 g/mol. The Kier molecular flexibility index (Phi) is 3.11. The fourth-order valence-electron chi connectivity index (χ4n) is 1.16. The summed E-state index contributed by atoms with van der Waals surface area (Å²) < 4.78 is 21.9. The lowest BCUT2D eigenvalue weighted by atomic mass is 9.91. The molecule has 1 aliphatic heterocycles. The fraction of sp³-hybridized carbons (Fsp3) is 1.00. The number of nitrogens with zero attached hydrogens (tertiary/aromatic N) is 1. The van der Waals surface area contributed by atoms with Gasteiger partial charge in [-0.15, -0.1) is 0 Å². The first-order valence-corrected chi connectivity index (χ1v) is 5.61. The van der Waals surface area contributed by atoms with Crippen molar-refractivity contribution >= 4 is 17.0 Å². The first kappa shape index (κ1) is 9.98. The standard InChI is InChI=1S/C5H12BNO4S/c8-6(9)5-7-1-3-12(10,11)4-2-7/h8-9H,1-5H2. The minimum Gasteiger partial charge on any atom is -0.426 e. The van der Waals surface area contributed by atoms with Crippen LogP contribution in [-0.2, 0) is 9.84 Å². The van der Waals surface area contributed by atoms with Crippen LogP contribution in [0.25, 0.3) is 0 Å². The largest absolute Gasteiger partial charge is 0.466 e. The van der Waals surface area contributed by atoms with Crippen molar-refractivity contribution in [3.63, 3.8) is 0 Å². The number of hydrogen-bond acceptors (Lipinski definition) is 5. The maximum atomic E-state index is 10.9. The molecule has 1 heterocycles. The maximum Gasteiger partial charge on any atom is 0.466 e. The molecule has 7 heteroatoms. The van der Waals surface area contributed by atoms with Crippen molar-refractivity contribution in [2.75, 3.05) is 31.0 Å². The van der Waals surface area contributed by atoms with E-state index >= 15 is 0 Å². The average molecular weight is 193 g/mol. The Balaban J connectivity index is 2.36. The molecule has 1 saturated heterocycles. The van der Waals surface area contributed by atoms with Crippen LogP contribution in [-0.4, -0.2) is 61.5 Å². The van der Waals surface area contributed by atoms with Crippen molar-refractivity contribution in [1.82, 2.24) is 4.90 Å². The molecule has 2 N–H and O–H groups in total. The predicted molar refractivity (Wildman–Crippen MR) is 45.3 cm³/mol. The smallest absolute Gasteiger partial charge is 0.426 e. The molecule has 70 valence electrons. The molecule has 0 aliphatic carbocycles. The summed E-state index contributed by atoms with van der Waals surface area (Å²) in [4.78, 5) is 1.73. The van der Waals surface area contributed by atoms with Crippen molar-refractivity contribution < 1.29 is 18.5 Å². The molecule has 1 aliphatic rings. The normalized spacial score (nSPS) is 23.8. The van der Waals surface area contributed by atoms with E-state index in [2.05, 4.69) is 0 Å². The number of hydrogen-bond donors (Lipinski definition) is 2. The van der Waals surface area contributed by atoms with Crippen LogP contribution in [0.4, 0.5) is 0 Å².